The maximum Gasteiger partial charge on any atom is 0.315 e. The van der Waals surface area contributed by atoms with E-state index in [1.807, 2.05) is 49.4 Å². The van der Waals surface area contributed by atoms with E-state index in [-0.39, 0.29) is 18.5 Å². The van der Waals surface area contributed by atoms with Crippen LogP contribution in [-0.4, -0.2) is 32.1 Å². The third kappa shape index (κ3) is 6.40. The fourth-order valence-electron chi connectivity index (χ4n) is 2.30. The summed E-state index contributed by atoms with van der Waals surface area (Å²) in [6, 6.07) is 12.9. The van der Waals surface area contributed by atoms with Gasteiger partial charge in [-0.05, 0) is 54.8 Å². The van der Waals surface area contributed by atoms with Gasteiger partial charge in [-0.2, -0.15) is 0 Å². The van der Waals surface area contributed by atoms with Crippen molar-refractivity contribution >= 4 is 33.6 Å². The Kier molecular flexibility index (Phi) is 7.47. The van der Waals surface area contributed by atoms with Crippen molar-refractivity contribution in [2.45, 2.75) is 13.3 Å². The molecule has 2 aromatic carbocycles. The molecule has 0 heterocycles. The Morgan fingerprint density at radius 3 is 2.46 bits per heavy atom. The highest BCUT2D eigenvalue weighted by Gasteiger charge is 2.07. The van der Waals surface area contributed by atoms with Gasteiger partial charge in [-0.3, -0.25) is 4.79 Å². The van der Waals surface area contributed by atoms with Gasteiger partial charge in [0.05, 0.1) is 13.7 Å². The van der Waals surface area contributed by atoms with E-state index in [1.54, 1.807) is 7.11 Å². The van der Waals surface area contributed by atoms with E-state index < -0.39 is 0 Å². The number of amides is 3. The fraction of sp³-hybridized carbons (Fsp3) is 0.263. The van der Waals surface area contributed by atoms with Crippen LogP contribution in [0.4, 0.5) is 10.5 Å². The molecule has 6 nitrogen and oxygen atoms in total. The topological polar surface area (TPSA) is 79.5 Å². The van der Waals surface area contributed by atoms with Crippen molar-refractivity contribution in [2.24, 2.45) is 0 Å². The van der Waals surface area contributed by atoms with Crippen molar-refractivity contribution in [1.29, 1.82) is 0 Å². The quantitative estimate of drug-likeness (QED) is 0.644. The number of hydrogen-bond donors (Lipinski definition) is 3. The van der Waals surface area contributed by atoms with Crippen molar-refractivity contribution in [3.8, 4) is 5.75 Å². The molecule has 3 amide bonds. The number of carbonyl (C=O) groups is 2. The van der Waals surface area contributed by atoms with E-state index in [0.29, 0.717) is 13.0 Å². The van der Waals surface area contributed by atoms with Crippen molar-refractivity contribution in [3.05, 3.63) is 58.1 Å². The molecule has 0 aliphatic carbocycles. The molecule has 0 aliphatic heterocycles. The molecule has 0 saturated carbocycles. The number of benzene rings is 2. The third-order valence-electron chi connectivity index (χ3n) is 3.73. The second-order valence-corrected chi connectivity index (χ2v) is 6.63. The zero-order valence-electron chi connectivity index (χ0n) is 14.8. The first-order valence-corrected chi connectivity index (χ1v) is 8.98. The van der Waals surface area contributed by atoms with E-state index in [4.69, 9.17) is 4.74 Å². The molecule has 2 aromatic rings. The molecule has 0 atom stereocenters. The zero-order chi connectivity index (χ0) is 18.9. The monoisotopic (exact) mass is 419 g/mol. The van der Waals surface area contributed by atoms with Crippen LogP contribution in [0.3, 0.4) is 0 Å². The molecular formula is C19H22BrN3O3. The van der Waals surface area contributed by atoms with Crippen LogP contribution in [0.15, 0.2) is 46.9 Å². The minimum absolute atomic E-state index is 0.0934. The molecule has 0 saturated heterocycles. The lowest BCUT2D eigenvalue weighted by atomic mass is 10.1. The van der Waals surface area contributed by atoms with Gasteiger partial charge < -0.3 is 20.7 Å². The molecule has 2 rings (SSSR count). The van der Waals surface area contributed by atoms with Crippen LogP contribution in [0.5, 0.6) is 5.75 Å². The third-order valence-corrected chi connectivity index (χ3v) is 4.22. The largest absolute Gasteiger partial charge is 0.497 e. The first kappa shape index (κ1) is 19.8. The fourth-order valence-corrected chi connectivity index (χ4v) is 2.77. The molecule has 0 aliphatic rings. The average molecular weight is 420 g/mol. The lowest BCUT2D eigenvalue weighted by Crippen LogP contribution is -2.40. The average Bonchev–Trinajstić information content (AvgIpc) is 2.63. The SMILES string of the molecule is COc1ccc(CCNC(=O)NCC(=O)Nc2ccc(Br)cc2C)cc1. The van der Waals surface area contributed by atoms with Gasteiger partial charge in [0.2, 0.25) is 5.91 Å². The van der Waals surface area contributed by atoms with Gasteiger partial charge >= 0.3 is 6.03 Å². The molecule has 138 valence electrons. The normalized spacial score (nSPS) is 10.1. The lowest BCUT2D eigenvalue weighted by Gasteiger charge is -2.10. The first-order chi connectivity index (χ1) is 12.5. The summed E-state index contributed by atoms with van der Waals surface area (Å²) in [5.74, 6) is 0.521. The summed E-state index contributed by atoms with van der Waals surface area (Å²) in [6.07, 6.45) is 0.696. The van der Waals surface area contributed by atoms with Crippen molar-refractivity contribution in [3.63, 3.8) is 0 Å². The Balaban J connectivity index is 1.68. The second-order valence-electron chi connectivity index (χ2n) is 5.71. The first-order valence-electron chi connectivity index (χ1n) is 8.18. The number of nitrogens with one attached hydrogen (secondary N) is 3. The number of ether oxygens (including phenoxy) is 1. The summed E-state index contributed by atoms with van der Waals surface area (Å²) in [4.78, 5) is 23.7. The van der Waals surface area contributed by atoms with Crippen LogP contribution < -0.4 is 20.7 Å². The van der Waals surface area contributed by atoms with Gasteiger partial charge in [-0.25, -0.2) is 4.79 Å². The summed E-state index contributed by atoms with van der Waals surface area (Å²) < 4.78 is 6.05. The van der Waals surface area contributed by atoms with E-state index in [9.17, 15) is 9.59 Å². The maximum atomic E-state index is 11.9. The van der Waals surface area contributed by atoms with Crippen LogP contribution in [0.1, 0.15) is 11.1 Å². The molecule has 26 heavy (non-hydrogen) atoms. The molecule has 0 fully saturated rings. The van der Waals surface area contributed by atoms with Crippen LogP contribution in [0.25, 0.3) is 0 Å². The predicted octanol–water partition coefficient (Wildman–Crippen LogP) is 3.25. The molecule has 0 spiro atoms. The molecule has 7 heteroatoms. The van der Waals surface area contributed by atoms with Gasteiger partial charge in [0.15, 0.2) is 0 Å². The molecule has 3 N–H and O–H groups in total. The smallest absolute Gasteiger partial charge is 0.315 e. The lowest BCUT2D eigenvalue weighted by molar-refractivity contribution is -0.115. The second kappa shape index (κ2) is 9.82. The van der Waals surface area contributed by atoms with Gasteiger partial charge in [-0.15, -0.1) is 0 Å². The number of halogens is 1. The van der Waals surface area contributed by atoms with Crippen LogP contribution in [0.2, 0.25) is 0 Å². The van der Waals surface area contributed by atoms with E-state index in [0.717, 1.165) is 27.0 Å². The summed E-state index contributed by atoms with van der Waals surface area (Å²) >= 11 is 3.38. The van der Waals surface area contributed by atoms with Gasteiger partial charge in [0, 0.05) is 16.7 Å². The maximum absolute atomic E-state index is 11.9. The highest BCUT2D eigenvalue weighted by molar-refractivity contribution is 9.10. The minimum atomic E-state index is -0.374. The Bertz CT molecular complexity index is 763. The Labute approximate surface area is 161 Å². The number of methoxy groups -OCH3 is 1. The van der Waals surface area contributed by atoms with Crippen LogP contribution >= 0.6 is 15.9 Å². The number of hydrogen-bond acceptors (Lipinski definition) is 3. The summed E-state index contributed by atoms with van der Waals surface area (Å²) in [6.45, 7) is 2.29. The molecular weight excluding hydrogens is 398 g/mol. The van der Waals surface area contributed by atoms with Crippen molar-refractivity contribution in [2.75, 3.05) is 25.5 Å². The molecule has 0 bridgehead atoms. The number of rotatable bonds is 7. The number of urea groups is 1. The zero-order valence-corrected chi connectivity index (χ0v) is 16.4. The van der Waals surface area contributed by atoms with Gasteiger partial charge in [-0.1, -0.05) is 28.1 Å². The van der Waals surface area contributed by atoms with Crippen molar-refractivity contribution < 1.29 is 14.3 Å². The Morgan fingerprint density at radius 2 is 1.81 bits per heavy atom. The highest BCUT2D eigenvalue weighted by Crippen LogP contribution is 2.19. The summed E-state index contributed by atoms with van der Waals surface area (Å²) in [5.41, 5.74) is 2.76. The minimum Gasteiger partial charge on any atom is -0.497 e. The van der Waals surface area contributed by atoms with Crippen LogP contribution in [-0.2, 0) is 11.2 Å². The molecule has 0 radical (unpaired) electrons. The highest BCUT2D eigenvalue weighted by atomic mass is 79.9. The molecule has 0 aromatic heterocycles. The number of aryl methyl sites for hydroxylation is 1. The predicted molar refractivity (Wildman–Crippen MR) is 106 cm³/mol. The summed E-state index contributed by atoms with van der Waals surface area (Å²) in [7, 11) is 1.62. The summed E-state index contributed by atoms with van der Waals surface area (Å²) in [5, 5.41) is 8.05. The standard InChI is InChI=1S/C19H22BrN3O3/c1-13-11-15(20)5-8-17(13)23-18(24)12-22-19(25)21-10-9-14-3-6-16(26-2)7-4-14/h3-8,11H,9-10,12H2,1-2H3,(H,23,24)(H2,21,22,25). The molecule has 0 unspecified atom stereocenters. The number of carbonyl (C=O) groups excluding carboxylic acids is 2. The van der Waals surface area contributed by atoms with Gasteiger partial charge in [0.1, 0.15) is 5.75 Å². The Morgan fingerprint density at radius 1 is 1.08 bits per heavy atom. The number of anilines is 1. The van der Waals surface area contributed by atoms with E-state index in [1.165, 1.54) is 0 Å². The van der Waals surface area contributed by atoms with Crippen LogP contribution in [0, 0.1) is 6.92 Å². The Hall–Kier alpha value is -2.54. The van der Waals surface area contributed by atoms with E-state index in [2.05, 4.69) is 31.9 Å². The van der Waals surface area contributed by atoms with Gasteiger partial charge in [0.25, 0.3) is 0 Å². The van der Waals surface area contributed by atoms with E-state index >= 15 is 0 Å². The van der Waals surface area contributed by atoms with Crippen molar-refractivity contribution in [1.82, 2.24) is 10.6 Å².